The van der Waals surface area contributed by atoms with Gasteiger partial charge in [0, 0.05) is 32.0 Å². The van der Waals surface area contributed by atoms with Crippen LogP contribution in [0.15, 0.2) is 5.16 Å². The van der Waals surface area contributed by atoms with Crippen LogP contribution in [-0.4, -0.2) is 50.3 Å². The summed E-state index contributed by atoms with van der Waals surface area (Å²) in [5.74, 6) is 0.302. The van der Waals surface area contributed by atoms with Crippen molar-refractivity contribution in [1.29, 1.82) is 0 Å². The number of carbonyl (C=O) groups excluding carboxylic acids is 1. The van der Waals surface area contributed by atoms with Crippen LogP contribution in [0, 0.1) is 5.41 Å². The van der Waals surface area contributed by atoms with Crippen LogP contribution in [0.4, 0.5) is 0 Å². The summed E-state index contributed by atoms with van der Waals surface area (Å²) in [5.41, 5.74) is 5.35. The van der Waals surface area contributed by atoms with Crippen molar-refractivity contribution >= 4 is 11.7 Å². The summed E-state index contributed by atoms with van der Waals surface area (Å²) in [6.45, 7) is 6.53. The molecule has 0 rings (SSSR count). The largest absolute Gasteiger partial charge is 0.409 e. The van der Waals surface area contributed by atoms with Gasteiger partial charge in [-0.15, -0.1) is 0 Å². The molecule has 0 aliphatic heterocycles. The third kappa shape index (κ3) is 10.1. The van der Waals surface area contributed by atoms with Gasteiger partial charge in [0.1, 0.15) is 5.84 Å². The third-order valence-corrected chi connectivity index (χ3v) is 3.36. The Hall–Kier alpha value is -1.34. The lowest BCUT2D eigenvalue weighted by Crippen LogP contribution is -2.32. The van der Waals surface area contributed by atoms with Gasteiger partial charge in [0.25, 0.3) is 0 Å². The van der Waals surface area contributed by atoms with E-state index in [4.69, 9.17) is 15.7 Å². The topological polar surface area (TPSA) is 109 Å². The second-order valence-corrected chi connectivity index (χ2v) is 5.67. The number of hydrogen-bond donors (Lipinski definition) is 4. The maximum Gasteiger partial charge on any atom is 0.221 e. The lowest BCUT2D eigenvalue weighted by atomic mass is 9.86. The summed E-state index contributed by atoms with van der Waals surface area (Å²) >= 11 is 0. The smallest absolute Gasteiger partial charge is 0.221 e. The van der Waals surface area contributed by atoms with Gasteiger partial charge in [-0.05, 0) is 19.4 Å². The number of amidine groups is 1. The fourth-order valence-corrected chi connectivity index (χ4v) is 1.79. The van der Waals surface area contributed by atoms with Crippen LogP contribution in [0.5, 0.6) is 0 Å². The Balaban J connectivity index is 3.50. The number of methoxy groups -OCH3 is 1. The van der Waals surface area contributed by atoms with Crippen LogP contribution in [0.3, 0.4) is 0 Å². The molecule has 0 saturated heterocycles. The minimum atomic E-state index is -0.282. The van der Waals surface area contributed by atoms with Gasteiger partial charge in [0.15, 0.2) is 0 Å². The van der Waals surface area contributed by atoms with E-state index in [-0.39, 0.29) is 17.2 Å². The third-order valence-electron chi connectivity index (χ3n) is 3.36. The maximum atomic E-state index is 11.4. The van der Waals surface area contributed by atoms with Gasteiger partial charge in [-0.2, -0.15) is 0 Å². The highest BCUT2D eigenvalue weighted by Gasteiger charge is 2.22. The number of unbranched alkanes of at least 4 members (excludes halogenated alkanes) is 1. The molecule has 0 fully saturated rings. The highest BCUT2D eigenvalue weighted by Crippen LogP contribution is 2.22. The molecule has 7 nitrogen and oxygen atoms in total. The minimum Gasteiger partial charge on any atom is -0.409 e. The molecule has 0 aromatic carbocycles. The van der Waals surface area contributed by atoms with Crippen molar-refractivity contribution < 1.29 is 14.7 Å². The van der Waals surface area contributed by atoms with E-state index in [0.717, 1.165) is 25.8 Å². The van der Waals surface area contributed by atoms with E-state index in [9.17, 15) is 4.79 Å². The summed E-state index contributed by atoms with van der Waals surface area (Å²) in [6, 6.07) is 0. The highest BCUT2D eigenvalue weighted by atomic mass is 16.5. The lowest BCUT2D eigenvalue weighted by molar-refractivity contribution is -0.121. The predicted molar refractivity (Wildman–Crippen MR) is 83.4 cm³/mol. The normalized spacial score (nSPS) is 12.4. The van der Waals surface area contributed by atoms with Gasteiger partial charge in [-0.25, -0.2) is 0 Å². The number of nitrogens with zero attached hydrogens (tertiary/aromatic N) is 1. The molecule has 21 heavy (non-hydrogen) atoms. The Morgan fingerprint density at radius 2 is 2.00 bits per heavy atom. The average Bonchev–Trinajstić information content (AvgIpc) is 2.45. The van der Waals surface area contributed by atoms with E-state index in [2.05, 4.69) is 15.8 Å². The Morgan fingerprint density at radius 1 is 1.29 bits per heavy atom. The van der Waals surface area contributed by atoms with Crippen LogP contribution < -0.4 is 16.4 Å². The van der Waals surface area contributed by atoms with Gasteiger partial charge in [-0.1, -0.05) is 25.4 Å². The predicted octanol–water partition coefficient (Wildman–Crippen LogP) is 0.672. The molecular weight excluding hydrogens is 272 g/mol. The molecule has 0 heterocycles. The first-order valence-electron chi connectivity index (χ1n) is 7.38. The van der Waals surface area contributed by atoms with E-state index >= 15 is 0 Å². The van der Waals surface area contributed by atoms with Gasteiger partial charge >= 0.3 is 0 Å². The van der Waals surface area contributed by atoms with Crippen molar-refractivity contribution in [3.63, 3.8) is 0 Å². The molecule has 0 radical (unpaired) electrons. The van der Waals surface area contributed by atoms with E-state index in [1.54, 1.807) is 7.11 Å². The SMILES string of the molecule is COCCNC(=O)CCNCCCCC(C)(C)C(N)=NO. The highest BCUT2D eigenvalue weighted by molar-refractivity contribution is 5.85. The molecule has 124 valence electrons. The first kappa shape index (κ1) is 19.7. The number of hydrogen-bond acceptors (Lipinski definition) is 5. The summed E-state index contributed by atoms with van der Waals surface area (Å²) < 4.78 is 4.85. The van der Waals surface area contributed by atoms with Crippen molar-refractivity contribution in [1.82, 2.24) is 10.6 Å². The maximum absolute atomic E-state index is 11.4. The monoisotopic (exact) mass is 302 g/mol. The molecular formula is C14H30N4O3. The molecule has 0 spiro atoms. The zero-order chi connectivity index (χ0) is 16.1. The molecule has 0 aromatic heterocycles. The standard InChI is InChI=1S/C14H30N4O3/c1-14(2,13(15)18-20)7-4-5-8-16-9-6-12(19)17-10-11-21-3/h16,20H,4-11H2,1-3H3,(H2,15,18)(H,17,19). The molecule has 0 aliphatic carbocycles. The number of nitrogens with one attached hydrogen (secondary N) is 2. The molecule has 0 bridgehead atoms. The van der Waals surface area contributed by atoms with Crippen LogP contribution in [0.2, 0.25) is 0 Å². The lowest BCUT2D eigenvalue weighted by Gasteiger charge is -2.22. The number of amides is 1. The van der Waals surface area contributed by atoms with Gasteiger partial charge in [0.2, 0.25) is 5.91 Å². The fraction of sp³-hybridized carbons (Fsp3) is 0.857. The summed E-state index contributed by atoms with van der Waals surface area (Å²) in [5, 5.41) is 17.7. The first-order chi connectivity index (χ1) is 9.94. The quantitative estimate of drug-likeness (QED) is 0.139. The molecule has 7 heteroatoms. The van der Waals surface area contributed by atoms with Gasteiger partial charge in [-0.3, -0.25) is 4.79 Å². The number of nitrogens with two attached hydrogens (primary N) is 1. The van der Waals surface area contributed by atoms with E-state index in [1.807, 2.05) is 13.8 Å². The van der Waals surface area contributed by atoms with E-state index in [1.165, 1.54) is 0 Å². The van der Waals surface area contributed by atoms with Crippen molar-refractivity contribution in [2.75, 3.05) is 33.4 Å². The molecule has 1 amide bonds. The summed E-state index contributed by atoms with van der Waals surface area (Å²) in [7, 11) is 1.61. The average molecular weight is 302 g/mol. The van der Waals surface area contributed by atoms with E-state index < -0.39 is 0 Å². The van der Waals surface area contributed by atoms with E-state index in [0.29, 0.717) is 26.1 Å². The van der Waals surface area contributed by atoms with Crippen LogP contribution in [-0.2, 0) is 9.53 Å². The molecule has 0 aliphatic rings. The van der Waals surface area contributed by atoms with Gasteiger partial charge in [0.05, 0.1) is 6.61 Å². The second-order valence-electron chi connectivity index (χ2n) is 5.67. The Morgan fingerprint density at radius 3 is 2.62 bits per heavy atom. The first-order valence-corrected chi connectivity index (χ1v) is 7.38. The van der Waals surface area contributed by atoms with Crippen molar-refractivity contribution in [2.24, 2.45) is 16.3 Å². The Labute approximate surface area is 127 Å². The number of rotatable bonds is 12. The zero-order valence-corrected chi connectivity index (χ0v) is 13.4. The Bertz CT molecular complexity index is 319. The molecule has 5 N–H and O–H groups in total. The van der Waals surface area contributed by atoms with Crippen molar-refractivity contribution in [3.8, 4) is 0 Å². The number of carbonyl (C=O) groups is 1. The fourth-order valence-electron chi connectivity index (χ4n) is 1.79. The zero-order valence-electron chi connectivity index (χ0n) is 13.4. The minimum absolute atomic E-state index is 0.0348. The Kier molecular flexibility index (Phi) is 10.6. The molecule has 0 unspecified atom stereocenters. The van der Waals surface area contributed by atoms with Crippen LogP contribution >= 0.6 is 0 Å². The molecule has 0 aromatic rings. The van der Waals surface area contributed by atoms with Gasteiger partial charge < -0.3 is 26.3 Å². The summed E-state index contributed by atoms with van der Waals surface area (Å²) in [4.78, 5) is 11.4. The van der Waals surface area contributed by atoms with Crippen LogP contribution in [0.25, 0.3) is 0 Å². The number of ether oxygens (including phenoxy) is 1. The number of oxime groups is 1. The molecule has 0 atom stereocenters. The molecule has 0 saturated carbocycles. The summed E-state index contributed by atoms with van der Waals surface area (Å²) in [6.07, 6.45) is 3.31. The van der Waals surface area contributed by atoms with Crippen molar-refractivity contribution in [3.05, 3.63) is 0 Å². The van der Waals surface area contributed by atoms with Crippen LogP contribution in [0.1, 0.15) is 39.5 Å². The second kappa shape index (κ2) is 11.3. The van der Waals surface area contributed by atoms with Crippen molar-refractivity contribution in [2.45, 2.75) is 39.5 Å².